The fraction of sp³-hybridized carbons (Fsp3) is 0.611. The molecule has 3 rings (SSSR count). The molecule has 0 aromatic heterocycles. The first-order valence-corrected chi connectivity index (χ1v) is 9.97. The lowest BCUT2D eigenvalue weighted by atomic mass is 10.1. The predicted octanol–water partition coefficient (Wildman–Crippen LogP) is 3.74. The third-order valence-corrected chi connectivity index (χ3v) is 6.45. The highest BCUT2D eigenvalue weighted by molar-refractivity contribution is 8.22. The smallest absolute Gasteiger partial charge is 0.160 e. The Labute approximate surface area is 154 Å². The Kier molecular flexibility index (Phi) is 6.25. The second-order valence-electron chi connectivity index (χ2n) is 6.42. The van der Waals surface area contributed by atoms with Crippen LogP contribution in [0.5, 0.6) is 11.5 Å². The number of methoxy groups -OCH3 is 2. The summed E-state index contributed by atoms with van der Waals surface area (Å²) in [5.74, 6) is 2.58. The van der Waals surface area contributed by atoms with Gasteiger partial charge in [0, 0.05) is 12.6 Å². The molecule has 1 saturated carbocycles. The summed E-state index contributed by atoms with van der Waals surface area (Å²) in [4.78, 5) is 4.95. The topological polar surface area (TPSA) is 24.9 Å². The van der Waals surface area contributed by atoms with Crippen molar-refractivity contribution in [3.8, 4) is 11.5 Å². The quantitative estimate of drug-likeness (QED) is 0.711. The van der Waals surface area contributed by atoms with Gasteiger partial charge in [-0.2, -0.15) is 0 Å². The van der Waals surface area contributed by atoms with Crippen LogP contribution in [0, 0.1) is 0 Å². The zero-order valence-electron chi connectivity index (χ0n) is 14.5. The van der Waals surface area contributed by atoms with Crippen LogP contribution < -0.4 is 9.47 Å². The van der Waals surface area contributed by atoms with Gasteiger partial charge in [-0.15, -0.1) is 0 Å². The van der Waals surface area contributed by atoms with Gasteiger partial charge in [-0.05, 0) is 37.0 Å². The van der Waals surface area contributed by atoms with Gasteiger partial charge in [-0.1, -0.05) is 42.9 Å². The molecule has 0 atom stereocenters. The molecule has 1 aromatic carbocycles. The second kappa shape index (κ2) is 8.41. The summed E-state index contributed by atoms with van der Waals surface area (Å²) in [6.07, 6.45) is 6.29. The summed E-state index contributed by atoms with van der Waals surface area (Å²) in [5, 5.41) is 0. The summed E-state index contributed by atoms with van der Waals surface area (Å²) < 4.78 is 11.8. The summed E-state index contributed by atoms with van der Waals surface area (Å²) in [5.41, 5.74) is 1.28. The van der Waals surface area contributed by atoms with Crippen LogP contribution in [0.3, 0.4) is 0 Å². The number of hydrogen-bond donors (Lipinski definition) is 0. The van der Waals surface area contributed by atoms with Crippen LogP contribution in [0.1, 0.15) is 31.2 Å². The van der Waals surface area contributed by atoms with Gasteiger partial charge in [-0.25, -0.2) is 0 Å². The van der Waals surface area contributed by atoms with Crippen molar-refractivity contribution in [2.24, 2.45) is 0 Å². The minimum Gasteiger partial charge on any atom is -0.493 e. The molecule has 2 aliphatic rings. The lowest BCUT2D eigenvalue weighted by Crippen LogP contribution is -2.49. The maximum Gasteiger partial charge on any atom is 0.160 e. The van der Waals surface area contributed by atoms with Crippen LogP contribution in [0.2, 0.25) is 0 Å². The van der Waals surface area contributed by atoms with Crippen molar-refractivity contribution in [2.45, 2.75) is 38.1 Å². The predicted molar refractivity (Wildman–Crippen MR) is 104 cm³/mol. The molecule has 2 fully saturated rings. The molecular formula is C18H26N2O2S2. The van der Waals surface area contributed by atoms with E-state index in [2.05, 4.69) is 21.9 Å². The molecular weight excluding hydrogens is 340 g/mol. The fourth-order valence-corrected chi connectivity index (χ4v) is 4.72. The first kappa shape index (κ1) is 17.8. The highest BCUT2D eigenvalue weighted by Crippen LogP contribution is 2.30. The number of thioether (sulfide) groups is 1. The largest absolute Gasteiger partial charge is 0.493 e. The lowest BCUT2D eigenvalue weighted by Gasteiger charge is -2.40. The first-order chi connectivity index (χ1) is 11.7. The van der Waals surface area contributed by atoms with Gasteiger partial charge in [0.1, 0.15) is 4.32 Å². The molecule has 1 aliphatic heterocycles. The maximum absolute atomic E-state index is 5.59. The fourth-order valence-electron chi connectivity index (χ4n) is 3.48. The Hall–Kier alpha value is -0.980. The van der Waals surface area contributed by atoms with E-state index < -0.39 is 0 Å². The summed E-state index contributed by atoms with van der Waals surface area (Å²) in [6, 6.07) is 6.85. The Bertz CT molecular complexity index is 576. The van der Waals surface area contributed by atoms with Crippen LogP contribution in [-0.2, 0) is 6.42 Å². The zero-order chi connectivity index (χ0) is 16.9. The molecule has 0 spiro atoms. The van der Waals surface area contributed by atoms with E-state index in [4.69, 9.17) is 21.7 Å². The molecule has 6 heteroatoms. The number of ether oxygens (including phenoxy) is 2. The summed E-state index contributed by atoms with van der Waals surface area (Å²) >= 11 is 7.40. The van der Waals surface area contributed by atoms with Crippen molar-refractivity contribution >= 4 is 28.3 Å². The van der Waals surface area contributed by atoms with E-state index in [1.807, 2.05) is 17.8 Å². The molecule has 24 heavy (non-hydrogen) atoms. The van der Waals surface area contributed by atoms with E-state index in [1.54, 1.807) is 14.2 Å². The number of rotatable bonds is 6. The number of thiocarbonyl (C=S) groups is 1. The van der Waals surface area contributed by atoms with Crippen LogP contribution in [-0.4, -0.2) is 53.5 Å². The second-order valence-corrected chi connectivity index (χ2v) is 8.00. The van der Waals surface area contributed by atoms with Crippen molar-refractivity contribution in [3.05, 3.63) is 23.8 Å². The van der Waals surface area contributed by atoms with E-state index in [1.165, 1.54) is 31.2 Å². The lowest BCUT2D eigenvalue weighted by molar-refractivity contribution is 0.177. The van der Waals surface area contributed by atoms with Crippen LogP contribution >= 0.6 is 24.0 Å². The minimum atomic E-state index is 0.661. The van der Waals surface area contributed by atoms with E-state index in [-0.39, 0.29) is 0 Å². The molecule has 0 bridgehead atoms. The molecule has 1 aliphatic carbocycles. The normalized spacial score (nSPS) is 19.8. The monoisotopic (exact) mass is 366 g/mol. The molecule has 132 valence electrons. The third kappa shape index (κ3) is 4.16. The van der Waals surface area contributed by atoms with E-state index in [0.717, 1.165) is 41.3 Å². The summed E-state index contributed by atoms with van der Waals surface area (Å²) in [7, 11) is 3.35. The highest BCUT2D eigenvalue weighted by Gasteiger charge is 2.29. The number of hydrogen-bond acceptors (Lipinski definition) is 5. The van der Waals surface area contributed by atoms with Gasteiger partial charge in [0.15, 0.2) is 11.5 Å². The van der Waals surface area contributed by atoms with Crippen LogP contribution in [0.15, 0.2) is 18.2 Å². The average Bonchev–Trinajstić information content (AvgIpc) is 3.15. The molecule has 0 radical (unpaired) electrons. The Morgan fingerprint density at radius 1 is 1.17 bits per heavy atom. The Morgan fingerprint density at radius 3 is 2.62 bits per heavy atom. The molecule has 0 N–H and O–H groups in total. The number of benzene rings is 1. The van der Waals surface area contributed by atoms with E-state index in [9.17, 15) is 0 Å². The molecule has 1 heterocycles. The van der Waals surface area contributed by atoms with Gasteiger partial charge < -0.3 is 14.4 Å². The van der Waals surface area contributed by atoms with Crippen molar-refractivity contribution in [1.82, 2.24) is 9.80 Å². The Morgan fingerprint density at radius 2 is 1.92 bits per heavy atom. The standard InChI is InChI=1S/C18H26N2O2S2/c1-21-16-8-7-14(11-17(16)22-2)9-10-19-12-20(18(23)24-13-19)15-5-3-4-6-15/h7-8,11,15H,3-6,9-10,12-13H2,1-2H3. The molecule has 1 saturated heterocycles. The average molecular weight is 367 g/mol. The first-order valence-electron chi connectivity index (χ1n) is 8.58. The van der Waals surface area contributed by atoms with Crippen LogP contribution in [0.4, 0.5) is 0 Å². The van der Waals surface area contributed by atoms with Crippen molar-refractivity contribution in [2.75, 3.05) is 33.3 Å². The molecule has 0 amide bonds. The van der Waals surface area contributed by atoms with Crippen molar-refractivity contribution in [1.29, 1.82) is 0 Å². The zero-order valence-corrected chi connectivity index (χ0v) is 16.1. The van der Waals surface area contributed by atoms with Crippen molar-refractivity contribution in [3.63, 3.8) is 0 Å². The Balaban J connectivity index is 1.57. The minimum absolute atomic E-state index is 0.661. The number of nitrogens with zero attached hydrogens (tertiary/aromatic N) is 2. The highest BCUT2D eigenvalue weighted by atomic mass is 32.2. The molecule has 0 unspecified atom stereocenters. The van der Waals surface area contributed by atoms with Gasteiger partial charge in [0.25, 0.3) is 0 Å². The van der Waals surface area contributed by atoms with Gasteiger partial charge in [-0.3, -0.25) is 4.90 Å². The SMILES string of the molecule is COc1ccc(CCN2CSC(=S)N(C3CCCC3)C2)cc1OC. The van der Waals surface area contributed by atoms with Gasteiger partial charge in [0.05, 0.1) is 26.8 Å². The molecule has 1 aromatic rings. The van der Waals surface area contributed by atoms with Gasteiger partial charge >= 0.3 is 0 Å². The third-order valence-electron chi connectivity index (χ3n) is 4.89. The maximum atomic E-state index is 5.59. The summed E-state index contributed by atoms with van der Waals surface area (Å²) in [6.45, 7) is 2.01. The van der Waals surface area contributed by atoms with Crippen LogP contribution in [0.25, 0.3) is 0 Å². The van der Waals surface area contributed by atoms with Crippen molar-refractivity contribution < 1.29 is 9.47 Å². The van der Waals surface area contributed by atoms with Gasteiger partial charge in [0.2, 0.25) is 0 Å². The molecule has 4 nitrogen and oxygen atoms in total. The van der Waals surface area contributed by atoms with E-state index in [0.29, 0.717) is 6.04 Å². The van der Waals surface area contributed by atoms with E-state index >= 15 is 0 Å².